The summed E-state index contributed by atoms with van der Waals surface area (Å²) in [6.07, 6.45) is 1.64. The lowest BCUT2D eigenvalue weighted by Crippen LogP contribution is -2.46. The third-order valence-electron chi connectivity index (χ3n) is 1.34. The Bertz CT molecular complexity index is 258. The van der Waals surface area contributed by atoms with Crippen molar-refractivity contribution in [3.63, 3.8) is 0 Å². The van der Waals surface area contributed by atoms with Crippen molar-refractivity contribution in [3.8, 4) is 0 Å². The molecule has 64 valence electrons. The Hall–Kier alpha value is -1.46. The number of anilines is 1. The average molecular weight is 165 g/mol. The van der Waals surface area contributed by atoms with E-state index in [1.165, 1.54) is 5.01 Å². The van der Waals surface area contributed by atoms with Gasteiger partial charge in [-0.1, -0.05) is 6.07 Å². The summed E-state index contributed by atoms with van der Waals surface area (Å²) >= 11 is 0. The molecule has 1 heterocycles. The lowest BCUT2D eigenvalue weighted by Gasteiger charge is -2.19. The van der Waals surface area contributed by atoms with Crippen LogP contribution < -0.4 is 16.4 Å². The lowest BCUT2D eigenvalue weighted by molar-refractivity contribution is 0.759. The highest BCUT2D eigenvalue weighted by Crippen LogP contribution is 2.05. The summed E-state index contributed by atoms with van der Waals surface area (Å²) in [5.74, 6) is 6.09. The van der Waals surface area contributed by atoms with Gasteiger partial charge in [-0.15, -0.1) is 0 Å². The van der Waals surface area contributed by atoms with E-state index in [2.05, 4.69) is 10.5 Å². The summed E-state index contributed by atoms with van der Waals surface area (Å²) < 4.78 is 0. The van der Waals surface area contributed by atoms with Crippen LogP contribution in [-0.2, 0) is 0 Å². The molecule has 0 atom stereocenters. The fourth-order valence-electron chi connectivity index (χ4n) is 0.821. The van der Waals surface area contributed by atoms with Crippen LogP contribution >= 0.6 is 0 Å². The maximum Gasteiger partial charge on any atom is 0.149 e. The second-order valence-corrected chi connectivity index (χ2v) is 2.24. The van der Waals surface area contributed by atoms with Crippen LogP contribution in [0, 0.1) is 5.41 Å². The van der Waals surface area contributed by atoms with E-state index in [0.717, 1.165) is 0 Å². The Labute approximate surface area is 70.7 Å². The number of pyridine rings is 1. The maximum absolute atomic E-state index is 7.33. The number of amidine groups is 1. The van der Waals surface area contributed by atoms with Crippen molar-refractivity contribution in [1.82, 2.24) is 10.5 Å². The Kier molecular flexibility index (Phi) is 2.73. The van der Waals surface area contributed by atoms with E-state index in [0.29, 0.717) is 5.82 Å². The first-order valence-electron chi connectivity index (χ1n) is 3.48. The topological polar surface area (TPSA) is 78.0 Å². The van der Waals surface area contributed by atoms with Crippen molar-refractivity contribution in [1.29, 1.82) is 5.41 Å². The van der Waals surface area contributed by atoms with Gasteiger partial charge in [0.1, 0.15) is 11.7 Å². The van der Waals surface area contributed by atoms with Gasteiger partial charge in [0.25, 0.3) is 0 Å². The molecule has 0 aliphatic heterocycles. The van der Waals surface area contributed by atoms with Crippen LogP contribution in [0.1, 0.15) is 6.92 Å². The molecule has 1 rings (SSSR count). The van der Waals surface area contributed by atoms with Gasteiger partial charge in [-0.25, -0.2) is 9.99 Å². The van der Waals surface area contributed by atoms with E-state index in [1.807, 2.05) is 6.07 Å². The number of nitrogens with zero attached hydrogens (tertiary/aromatic N) is 2. The first-order valence-corrected chi connectivity index (χ1v) is 3.48. The molecule has 5 heteroatoms. The van der Waals surface area contributed by atoms with Gasteiger partial charge < -0.3 is 0 Å². The van der Waals surface area contributed by atoms with Gasteiger partial charge in [-0.2, -0.15) is 5.53 Å². The quantitative estimate of drug-likeness (QED) is 0.254. The van der Waals surface area contributed by atoms with E-state index in [9.17, 15) is 0 Å². The van der Waals surface area contributed by atoms with Gasteiger partial charge in [-0.05, 0) is 19.1 Å². The fourth-order valence-corrected chi connectivity index (χ4v) is 0.821. The Balaban J connectivity index is 2.88. The van der Waals surface area contributed by atoms with E-state index >= 15 is 0 Å². The highest BCUT2D eigenvalue weighted by atomic mass is 15.6. The van der Waals surface area contributed by atoms with Gasteiger partial charge in [-0.3, -0.25) is 11.3 Å². The highest BCUT2D eigenvalue weighted by Gasteiger charge is 2.05. The number of hydrazine groups is 2. The Morgan fingerprint density at radius 2 is 2.42 bits per heavy atom. The molecule has 0 saturated heterocycles. The van der Waals surface area contributed by atoms with Crippen LogP contribution in [0.15, 0.2) is 24.4 Å². The Morgan fingerprint density at radius 3 is 2.83 bits per heavy atom. The number of nitrogens with two attached hydrogens (primary N) is 1. The number of hydrogen-bond donors (Lipinski definition) is 3. The molecule has 0 amide bonds. The largest absolute Gasteiger partial charge is 0.287 e. The summed E-state index contributed by atoms with van der Waals surface area (Å²) in [5, 5.41) is 8.71. The highest BCUT2D eigenvalue weighted by molar-refractivity contribution is 5.91. The van der Waals surface area contributed by atoms with Gasteiger partial charge in [0.15, 0.2) is 0 Å². The van der Waals surface area contributed by atoms with Gasteiger partial charge in [0.2, 0.25) is 0 Å². The summed E-state index contributed by atoms with van der Waals surface area (Å²) in [6, 6.07) is 5.39. The summed E-state index contributed by atoms with van der Waals surface area (Å²) in [4.78, 5) is 4.01. The third kappa shape index (κ3) is 1.77. The predicted octanol–water partition coefficient (Wildman–Crippen LogP) is 0.263. The molecule has 1 aromatic heterocycles. The maximum atomic E-state index is 7.33. The molecule has 0 saturated carbocycles. The monoisotopic (exact) mass is 165 g/mol. The molecule has 0 radical (unpaired) electrons. The first-order chi connectivity index (χ1) is 5.75. The van der Waals surface area contributed by atoms with Crippen molar-refractivity contribution in [2.75, 3.05) is 5.01 Å². The standard InChI is InChI=1S/C7H11N5/c1-6(8)12(11-9)7-4-2-3-5-10-7/h2-5,8,11H,9H2,1H3. The summed E-state index contributed by atoms with van der Waals surface area (Å²) in [7, 11) is 0. The third-order valence-corrected chi connectivity index (χ3v) is 1.34. The van der Waals surface area contributed by atoms with Crippen molar-refractivity contribution in [2.24, 2.45) is 5.84 Å². The second kappa shape index (κ2) is 3.80. The molecule has 4 N–H and O–H groups in total. The zero-order valence-electron chi connectivity index (χ0n) is 6.78. The average Bonchev–Trinajstić information content (AvgIpc) is 2.07. The molecule has 0 fully saturated rings. The Morgan fingerprint density at radius 1 is 1.67 bits per heavy atom. The van der Waals surface area contributed by atoms with Crippen molar-refractivity contribution in [2.45, 2.75) is 6.92 Å². The van der Waals surface area contributed by atoms with E-state index in [-0.39, 0.29) is 5.84 Å². The molecule has 0 unspecified atom stereocenters. The number of nitrogens with one attached hydrogen (secondary N) is 2. The van der Waals surface area contributed by atoms with Crippen LogP contribution in [-0.4, -0.2) is 10.8 Å². The van der Waals surface area contributed by atoms with Crippen LogP contribution in [0.4, 0.5) is 5.82 Å². The predicted molar refractivity (Wildman–Crippen MR) is 47.4 cm³/mol. The zero-order valence-corrected chi connectivity index (χ0v) is 6.78. The van der Waals surface area contributed by atoms with Gasteiger partial charge in [0, 0.05) is 6.20 Å². The second-order valence-electron chi connectivity index (χ2n) is 2.24. The van der Waals surface area contributed by atoms with E-state index in [4.69, 9.17) is 11.3 Å². The zero-order chi connectivity index (χ0) is 8.97. The van der Waals surface area contributed by atoms with Gasteiger partial charge >= 0.3 is 0 Å². The molecule has 0 aliphatic rings. The summed E-state index contributed by atoms with van der Waals surface area (Å²) in [5.41, 5.74) is 2.36. The fraction of sp³-hybridized carbons (Fsp3) is 0.143. The van der Waals surface area contributed by atoms with Crippen molar-refractivity contribution in [3.05, 3.63) is 24.4 Å². The minimum atomic E-state index is 0.288. The minimum Gasteiger partial charge on any atom is -0.287 e. The minimum absolute atomic E-state index is 0.288. The normalized spacial score (nSPS) is 9.50. The first kappa shape index (κ1) is 8.63. The molecule has 0 aliphatic carbocycles. The molecule has 0 bridgehead atoms. The molecular formula is C7H11N5. The van der Waals surface area contributed by atoms with Crippen molar-refractivity contribution >= 4 is 11.7 Å². The molecule has 0 aromatic carbocycles. The number of hydrogen-bond acceptors (Lipinski definition) is 4. The number of aromatic nitrogens is 1. The SMILES string of the molecule is CC(=N)N(NN)c1ccccn1. The molecule has 12 heavy (non-hydrogen) atoms. The van der Waals surface area contributed by atoms with Crippen LogP contribution in [0.25, 0.3) is 0 Å². The van der Waals surface area contributed by atoms with Crippen LogP contribution in [0.3, 0.4) is 0 Å². The van der Waals surface area contributed by atoms with E-state index in [1.54, 1.807) is 25.3 Å². The smallest absolute Gasteiger partial charge is 0.149 e. The van der Waals surface area contributed by atoms with Crippen molar-refractivity contribution < 1.29 is 0 Å². The van der Waals surface area contributed by atoms with Gasteiger partial charge in [0.05, 0.1) is 0 Å². The molecular weight excluding hydrogens is 154 g/mol. The molecule has 1 aromatic rings. The number of rotatable bonds is 2. The van der Waals surface area contributed by atoms with Crippen LogP contribution in [0.5, 0.6) is 0 Å². The van der Waals surface area contributed by atoms with E-state index < -0.39 is 0 Å². The lowest BCUT2D eigenvalue weighted by atomic mass is 10.4. The summed E-state index contributed by atoms with van der Waals surface area (Å²) in [6.45, 7) is 1.62. The van der Waals surface area contributed by atoms with Crippen LogP contribution in [0.2, 0.25) is 0 Å². The molecule has 0 spiro atoms. The molecule has 5 nitrogen and oxygen atoms in total.